The van der Waals surface area contributed by atoms with Crippen LogP contribution < -0.4 is 5.32 Å². The summed E-state index contributed by atoms with van der Waals surface area (Å²) in [7, 11) is 0. The number of urea groups is 1. The van der Waals surface area contributed by atoms with Crippen molar-refractivity contribution in [2.75, 3.05) is 6.54 Å². The maximum Gasteiger partial charge on any atom is 0.325 e. The molecule has 156 valence electrons. The molecule has 0 spiro atoms. The third-order valence-electron chi connectivity index (χ3n) is 5.19. The first kappa shape index (κ1) is 20.2. The van der Waals surface area contributed by atoms with Crippen LogP contribution in [0.15, 0.2) is 52.2 Å². The predicted molar refractivity (Wildman–Crippen MR) is 110 cm³/mol. The van der Waals surface area contributed by atoms with Crippen LogP contribution in [0.1, 0.15) is 43.6 Å². The third-order valence-corrected chi connectivity index (χ3v) is 5.44. The number of hydrazone groups is 1. The summed E-state index contributed by atoms with van der Waals surface area (Å²) in [4.78, 5) is 38.7. The van der Waals surface area contributed by atoms with Crippen LogP contribution in [0.5, 0.6) is 0 Å². The molecule has 4 amide bonds. The van der Waals surface area contributed by atoms with Crippen LogP contribution in [0, 0.1) is 0 Å². The SMILES string of the molecule is CCC[C@H]1NC(=O)N(CC(=O)N2N=C(c3ccc(Cl)cc3)C[C@H]2c2ccco2)C1=O. The molecule has 1 N–H and O–H groups in total. The van der Waals surface area contributed by atoms with Gasteiger partial charge in [0.1, 0.15) is 24.4 Å². The summed E-state index contributed by atoms with van der Waals surface area (Å²) >= 11 is 5.97. The molecule has 2 aromatic rings. The van der Waals surface area contributed by atoms with Crippen LogP contribution in [0.2, 0.25) is 5.02 Å². The number of nitrogens with one attached hydrogen (secondary N) is 1. The summed E-state index contributed by atoms with van der Waals surface area (Å²) in [6.07, 6.45) is 3.26. The average Bonchev–Trinajstić information content (AvgIpc) is 3.45. The molecule has 2 atom stereocenters. The Labute approximate surface area is 178 Å². The number of amides is 4. The first-order valence-electron chi connectivity index (χ1n) is 9.78. The van der Waals surface area contributed by atoms with Gasteiger partial charge >= 0.3 is 6.03 Å². The molecule has 3 heterocycles. The molecule has 9 heteroatoms. The lowest BCUT2D eigenvalue weighted by Crippen LogP contribution is -2.41. The first-order valence-corrected chi connectivity index (χ1v) is 10.2. The van der Waals surface area contributed by atoms with Crippen LogP contribution in [0.25, 0.3) is 0 Å². The predicted octanol–water partition coefficient (Wildman–Crippen LogP) is 3.33. The first-order chi connectivity index (χ1) is 14.5. The number of benzene rings is 1. The van der Waals surface area contributed by atoms with E-state index in [1.165, 1.54) is 11.3 Å². The van der Waals surface area contributed by atoms with Crippen LogP contribution in [0.3, 0.4) is 0 Å². The van der Waals surface area contributed by atoms with Gasteiger partial charge in [0.2, 0.25) is 0 Å². The van der Waals surface area contributed by atoms with Crippen molar-refractivity contribution in [3.05, 3.63) is 59.0 Å². The van der Waals surface area contributed by atoms with E-state index in [4.69, 9.17) is 16.0 Å². The molecule has 1 fully saturated rings. The van der Waals surface area contributed by atoms with Gasteiger partial charge in [0.15, 0.2) is 0 Å². The molecule has 0 unspecified atom stereocenters. The Morgan fingerprint density at radius 1 is 1.27 bits per heavy atom. The van der Waals surface area contributed by atoms with E-state index in [9.17, 15) is 14.4 Å². The highest BCUT2D eigenvalue weighted by Crippen LogP contribution is 2.33. The van der Waals surface area contributed by atoms with Crippen molar-refractivity contribution in [2.45, 2.75) is 38.3 Å². The minimum absolute atomic E-state index is 0.376. The highest BCUT2D eigenvalue weighted by Gasteiger charge is 2.41. The molecule has 2 aliphatic rings. The Hall–Kier alpha value is -3.13. The Bertz CT molecular complexity index is 987. The Morgan fingerprint density at radius 3 is 2.70 bits per heavy atom. The maximum atomic E-state index is 13.1. The zero-order valence-electron chi connectivity index (χ0n) is 16.4. The van der Waals surface area contributed by atoms with Crippen molar-refractivity contribution < 1.29 is 18.8 Å². The topological polar surface area (TPSA) is 95.2 Å². The molecular formula is C21H21ClN4O4. The zero-order valence-corrected chi connectivity index (χ0v) is 17.1. The number of nitrogens with zero attached hydrogens (tertiary/aromatic N) is 3. The number of hydrogen-bond acceptors (Lipinski definition) is 5. The second-order valence-electron chi connectivity index (χ2n) is 7.24. The fraction of sp³-hybridized carbons (Fsp3) is 0.333. The molecule has 30 heavy (non-hydrogen) atoms. The molecule has 0 aliphatic carbocycles. The Kier molecular flexibility index (Phi) is 5.59. The molecule has 0 bridgehead atoms. The highest BCUT2D eigenvalue weighted by atomic mass is 35.5. The molecule has 0 saturated carbocycles. The van der Waals surface area contributed by atoms with Crippen LogP contribution in [-0.2, 0) is 9.59 Å². The lowest BCUT2D eigenvalue weighted by molar-refractivity contribution is -0.138. The van der Waals surface area contributed by atoms with Gasteiger partial charge in [0.25, 0.3) is 11.8 Å². The number of carbonyl (C=O) groups is 3. The lowest BCUT2D eigenvalue weighted by atomic mass is 10.0. The van der Waals surface area contributed by atoms with Gasteiger partial charge in [-0.25, -0.2) is 9.80 Å². The molecule has 4 rings (SSSR count). The molecule has 1 aromatic heterocycles. The number of hydrogen-bond donors (Lipinski definition) is 1. The van der Waals surface area contributed by atoms with E-state index in [0.717, 1.165) is 16.9 Å². The van der Waals surface area contributed by atoms with Gasteiger partial charge in [-0.2, -0.15) is 5.10 Å². The standard InChI is InChI=1S/C21H21ClN4O4/c1-2-4-15-20(28)25(21(29)23-15)12-19(27)26-17(18-5-3-10-30-18)11-16(24-26)13-6-8-14(22)9-7-13/h3,5-10,15,17H,2,4,11-12H2,1H3,(H,23,29)/t15-,17+/m1/s1. The number of rotatable bonds is 6. The van der Waals surface area contributed by atoms with Gasteiger partial charge in [-0.3, -0.25) is 14.5 Å². The van der Waals surface area contributed by atoms with Crippen molar-refractivity contribution in [3.63, 3.8) is 0 Å². The minimum Gasteiger partial charge on any atom is -0.467 e. The second kappa shape index (κ2) is 8.31. The van der Waals surface area contributed by atoms with Crippen molar-refractivity contribution in [1.29, 1.82) is 0 Å². The number of carbonyl (C=O) groups excluding carboxylic acids is 3. The molecular weight excluding hydrogens is 408 g/mol. The maximum absolute atomic E-state index is 13.1. The number of furan rings is 1. The van der Waals surface area contributed by atoms with Crippen LogP contribution >= 0.6 is 11.6 Å². The smallest absolute Gasteiger partial charge is 0.325 e. The normalized spacial score (nSPS) is 21.2. The molecule has 0 radical (unpaired) electrons. The third kappa shape index (κ3) is 3.82. The fourth-order valence-electron chi connectivity index (χ4n) is 3.68. The largest absolute Gasteiger partial charge is 0.467 e. The van der Waals surface area contributed by atoms with Crippen molar-refractivity contribution >= 4 is 35.2 Å². The van der Waals surface area contributed by atoms with E-state index >= 15 is 0 Å². The van der Waals surface area contributed by atoms with Gasteiger partial charge < -0.3 is 9.73 Å². The summed E-state index contributed by atoms with van der Waals surface area (Å²) in [5.41, 5.74) is 1.53. The summed E-state index contributed by atoms with van der Waals surface area (Å²) in [5, 5.41) is 9.04. The highest BCUT2D eigenvalue weighted by molar-refractivity contribution is 6.30. The Morgan fingerprint density at radius 2 is 2.03 bits per heavy atom. The summed E-state index contributed by atoms with van der Waals surface area (Å²) in [5.74, 6) is -0.260. The fourth-order valence-corrected chi connectivity index (χ4v) is 3.80. The average molecular weight is 429 g/mol. The van der Waals surface area contributed by atoms with E-state index in [0.29, 0.717) is 29.3 Å². The molecule has 2 aliphatic heterocycles. The van der Waals surface area contributed by atoms with Gasteiger partial charge in [-0.05, 0) is 36.2 Å². The van der Waals surface area contributed by atoms with Gasteiger partial charge in [-0.1, -0.05) is 37.1 Å². The number of halogens is 1. The summed E-state index contributed by atoms with van der Waals surface area (Å²) in [6, 6.07) is 9.11. The van der Waals surface area contributed by atoms with E-state index < -0.39 is 24.0 Å². The lowest BCUT2D eigenvalue weighted by Gasteiger charge is -2.22. The molecule has 1 aromatic carbocycles. The van der Waals surface area contributed by atoms with E-state index in [2.05, 4.69) is 10.4 Å². The van der Waals surface area contributed by atoms with Crippen molar-refractivity contribution in [1.82, 2.24) is 15.2 Å². The number of imide groups is 1. The zero-order chi connectivity index (χ0) is 21.3. The quantitative estimate of drug-likeness (QED) is 0.714. The van der Waals surface area contributed by atoms with Crippen molar-refractivity contribution in [2.24, 2.45) is 5.10 Å². The van der Waals surface area contributed by atoms with E-state index in [-0.39, 0.29) is 12.5 Å². The van der Waals surface area contributed by atoms with Gasteiger partial charge in [-0.15, -0.1) is 0 Å². The molecule has 1 saturated heterocycles. The van der Waals surface area contributed by atoms with Crippen LogP contribution in [-0.4, -0.2) is 46.1 Å². The summed E-state index contributed by atoms with van der Waals surface area (Å²) in [6.45, 7) is 1.55. The minimum atomic E-state index is -0.581. The summed E-state index contributed by atoms with van der Waals surface area (Å²) < 4.78 is 5.51. The van der Waals surface area contributed by atoms with E-state index in [1.807, 2.05) is 19.1 Å². The second-order valence-corrected chi connectivity index (χ2v) is 7.68. The monoisotopic (exact) mass is 428 g/mol. The van der Waals surface area contributed by atoms with E-state index in [1.54, 1.807) is 24.3 Å². The Balaban J connectivity index is 1.57. The van der Waals surface area contributed by atoms with Crippen LogP contribution in [0.4, 0.5) is 4.79 Å². The van der Waals surface area contributed by atoms with Gasteiger partial charge in [0.05, 0.1) is 12.0 Å². The molecule has 8 nitrogen and oxygen atoms in total. The van der Waals surface area contributed by atoms with Crippen molar-refractivity contribution in [3.8, 4) is 0 Å². The van der Waals surface area contributed by atoms with Gasteiger partial charge in [0, 0.05) is 11.4 Å².